The van der Waals surface area contributed by atoms with Gasteiger partial charge in [-0.1, -0.05) is 30.9 Å². The van der Waals surface area contributed by atoms with Crippen LogP contribution < -0.4 is 4.90 Å². The summed E-state index contributed by atoms with van der Waals surface area (Å²) in [6.07, 6.45) is 8.05. The highest BCUT2D eigenvalue weighted by atomic mass is 35.5. The van der Waals surface area contributed by atoms with Gasteiger partial charge >= 0.3 is 6.09 Å². The number of hydrogen-bond donors (Lipinski definition) is 0. The number of amides is 1. The van der Waals surface area contributed by atoms with Crippen LogP contribution in [0.25, 0.3) is 0 Å². The summed E-state index contributed by atoms with van der Waals surface area (Å²) in [5.74, 6) is 0.387. The van der Waals surface area contributed by atoms with Crippen molar-refractivity contribution in [2.45, 2.75) is 44.8 Å². The van der Waals surface area contributed by atoms with E-state index < -0.39 is 0 Å². The fraction of sp³-hybridized carbons (Fsp3) is 0.412. The van der Waals surface area contributed by atoms with Crippen LogP contribution in [0.3, 0.4) is 0 Å². The number of aromatic nitrogens is 1. The van der Waals surface area contributed by atoms with E-state index in [0.29, 0.717) is 10.9 Å². The van der Waals surface area contributed by atoms with Crippen LogP contribution in [0.5, 0.6) is 0 Å². The zero-order valence-corrected chi connectivity index (χ0v) is 13.5. The van der Waals surface area contributed by atoms with E-state index in [-0.39, 0.29) is 18.7 Å². The first-order valence-corrected chi connectivity index (χ1v) is 8.22. The summed E-state index contributed by atoms with van der Waals surface area (Å²) in [6, 6.07) is 7.43. The van der Waals surface area contributed by atoms with Gasteiger partial charge in [-0.15, -0.1) is 0 Å². The van der Waals surface area contributed by atoms with Crippen LogP contribution >= 0.6 is 11.6 Å². The van der Waals surface area contributed by atoms with Crippen molar-refractivity contribution in [1.29, 1.82) is 0 Å². The molecule has 1 amide bonds. The predicted molar refractivity (Wildman–Crippen MR) is 87.5 cm³/mol. The third kappa shape index (κ3) is 4.05. The quantitative estimate of drug-likeness (QED) is 0.805. The molecule has 2 aromatic rings. The first-order valence-electron chi connectivity index (χ1n) is 7.84. The minimum atomic E-state index is -0.377. The molecule has 0 saturated heterocycles. The molecule has 1 saturated carbocycles. The summed E-state index contributed by atoms with van der Waals surface area (Å²) in [4.78, 5) is 18.3. The standard InChI is InChI=1S/C17H19ClN2O3/c18-13-6-8-15(9-7-13)20(14-4-2-1-3-5-14)17(21)23-12-16-19-10-11-22-16/h6-11,14H,1-5,12H2. The molecule has 23 heavy (non-hydrogen) atoms. The van der Waals surface area contributed by atoms with E-state index in [1.165, 1.54) is 18.9 Å². The SMILES string of the molecule is O=C(OCc1ncco1)N(c1ccc(Cl)cc1)C1CCCCC1. The highest BCUT2D eigenvalue weighted by molar-refractivity contribution is 6.30. The number of hydrogen-bond acceptors (Lipinski definition) is 4. The third-order valence-electron chi connectivity index (χ3n) is 4.04. The second kappa shape index (κ2) is 7.51. The molecule has 1 aromatic heterocycles. The second-order valence-corrected chi connectivity index (χ2v) is 6.06. The first-order chi connectivity index (χ1) is 11.2. The topological polar surface area (TPSA) is 55.6 Å². The Hall–Kier alpha value is -2.01. The zero-order valence-electron chi connectivity index (χ0n) is 12.8. The molecule has 0 atom stereocenters. The molecule has 0 unspecified atom stereocenters. The molecule has 5 nitrogen and oxygen atoms in total. The van der Waals surface area contributed by atoms with Gasteiger partial charge < -0.3 is 9.15 Å². The lowest BCUT2D eigenvalue weighted by molar-refractivity contribution is 0.132. The maximum Gasteiger partial charge on any atom is 0.415 e. The number of rotatable bonds is 4. The number of ether oxygens (including phenoxy) is 1. The van der Waals surface area contributed by atoms with Gasteiger partial charge in [0.1, 0.15) is 6.26 Å². The smallest absolute Gasteiger partial charge is 0.415 e. The van der Waals surface area contributed by atoms with Crippen LogP contribution in [0, 0.1) is 0 Å². The van der Waals surface area contributed by atoms with Crippen LogP contribution in [0.1, 0.15) is 38.0 Å². The van der Waals surface area contributed by atoms with Gasteiger partial charge in [-0.2, -0.15) is 0 Å². The molecular formula is C17H19ClN2O3. The van der Waals surface area contributed by atoms with Crippen molar-refractivity contribution >= 4 is 23.4 Å². The Balaban J connectivity index is 1.75. The molecule has 0 radical (unpaired) electrons. The van der Waals surface area contributed by atoms with E-state index in [0.717, 1.165) is 31.4 Å². The molecule has 0 aliphatic heterocycles. The summed E-state index contributed by atoms with van der Waals surface area (Å²) < 4.78 is 10.5. The van der Waals surface area contributed by atoms with Crippen molar-refractivity contribution in [3.8, 4) is 0 Å². The van der Waals surface area contributed by atoms with Crippen LogP contribution in [-0.4, -0.2) is 17.1 Å². The summed E-state index contributed by atoms with van der Waals surface area (Å²) in [5, 5.41) is 0.644. The minimum Gasteiger partial charge on any atom is -0.446 e. The van der Waals surface area contributed by atoms with Crippen LogP contribution in [0.15, 0.2) is 41.1 Å². The molecule has 3 rings (SSSR count). The molecule has 0 N–H and O–H groups in total. The van der Waals surface area contributed by atoms with Gasteiger partial charge in [-0.05, 0) is 37.1 Å². The van der Waals surface area contributed by atoms with Crippen molar-refractivity contribution < 1.29 is 13.9 Å². The highest BCUT2D eigenvalue weighted by Gasteiger charge is 2.28. The largest absolute Gasteiger partial charge is 0.446 e. The normalized spacial score (nSPS) is 15.3. The van der Waals surface area contributed by atoms with Gasteiger partial charge in [-0.25, -0.2) is 9.78 Å². The van der Waals surface area contributed by atoms with Crippen molar-refractivity contribution in [2.75, 3.05) is 4.90 Å². The summed E-state index contributed by atoms with van der Waals surface area (Å²) in [7, 11) is 0. The molecule has 6 heteroatoms. The average Bonchev–Trinajstić information content (AvgIpc) is 3.09. The van der Waals surface area contributed by atoms with Crippen LogP contribution in [0.4, 0.5) is 10.5 Å². The molecule has 0 spiro atoms. The van der Waals surface area contributed by atoms with E-state index in [1.807, 2.05) is 12.1 Å². The van der Waals surface area contributed by atoms with Crippen LogP contribution in [-0.2, 0) is 11.3 Å². The van der Waals surface area contributed by atoms with Gasteiger partial charge in [-0.3, -0.25) is 4.90 Å². The van der Waals surface area contributed by atoms with Crippen molar-refractivity contribution in [3.05, 3.63) is 47.6 Å². The summed E-state index contributed by atoms with van der Waals surface area (Å²) >= 11 is 5.96. The fourth-order valence-electron chi connectivity index (χ4n) is 2.92. The maximum atomic E-state index is 12.6. The molecule has 1 aliphatic rings. The van der Waals surface area contributed by atoms with Crippen molar-refractivity contribution in [2.24, 2.45) is 0 Å². The van der Waals surface area contributed by atoms with Gasteiger partial charge in [0.15, 0.2) is 6.61 Å². The summed E-state index contributed by atoms with van der Waals surface area (Å²) in [6.45, 7) is 0.0304. The van der Waals surface area contributed by atoms with Gasteiger partial charge in [0, 0.05) is 16.8 Å². The molecule has 1 aromatic carbocycles. The van der Waals surface area contributed by atoms with Gasteiger partial charge in [0.25, 0.3) is 0 Å². The van der Waals surface area contributed by atoms with Gasteiger partial charge in [0.2, 0.25) is 5.89 Å². The predicted octanol–water partition coefficient (Wildman–Crippen LogP) is 4.80. The Morgan fingerprint density at radius 3 is 2.65 bits per heavy atom. The van der Waals surface area contributed by atoms with Crippen molar-refractivity contribution in [3.63, 3.8) is 0 Å². The minimum absolute atomic E-state index is 0.0304. The molecular weight excluding hydrogens is 316 g/mol. The zero-order chi connectivity index (χ0) is 16.1. The lowest BCUT2D eigenvalue weighted by Gasteiger charge is -2.33. The number of carbonyl (C=O) groups is 1. The molecule has 1 aliphatic carbocycles. The van der Waals surface area contributed by atoms with Crippen LogP contribution in [0.2, 0.25) is 5.02 Å². The number of oxazole rings is 1. The number of nitrogens with zero attached hydrogens (tertiary/aromatic N) is 2. The van der Waals surface area contributed by atoms with E-state index in [1.54, 1.807) is 17.0 Å². The lowest BCUT2D eigenvalue weighted by Crippen LogP contribution is -2.42. The molecule has 0 bridgehead atoms. The summed E-state index contributed by atoms with van der Waals surface area (Å²) in [5.41, 5.74) is 0.804. The molecule has 122 valence electrons. The van der Waals surface area contributed by atoms with Gasteiger partial charge in [0.05, 0.1) is 6.20 Å². The first kappa shape index (κ1) is 15.9. The second-order valence-electron chi connectivity index (χ2n) is 5.62. The van der Waals surface area contributed by atoms with E-state index >= 15 is 0 Å². The Morgan fingerprint density at radius 2 is 2.00 bits per heavy atom. The molecule has 1 fully saturated rings. The van der Waals surface area contributed by atoms with E-state index in [9.17, 15) is 4.79 Å². The monoisotopic (exact) mass is 334 g/mol. The average molecular weight is 335 g/mol. The maximum absolute atomic E-state index is 12.6. The fourth-order valence-corrected chi connectivity index (χ4v) is 3.05. The Morgan fingerprint density at radius 1 is 1.26 bits per heavy atom. The number of carbonyl (C=O) groups excluding carboxylic acids is 1. The number of benzene rings is 1. The van der Waals surface area contributed by atoms with E-state index in [4.69, 9.17) is 20.8 Å². The third-order valence-corrected chi connectivity index (χ3v) is 4.30. The molecule has 1 heterocycles. The highest BCUT2D eigenvalue weighted by Crippen LogP contribution is 2.29. The Bertz CT molecular complexity index is 622. The van der Waals surface area contributed by atoms with E-state index in [2.05, 4.69) is 4.98 Å². The number of anilines is 1. The number of halogens is 1. The Labute approximate surface area is 140 Å². The Kier molecular flexibility index (Phi) is 5.18. The lowest BCUT2D eigenvalue weighted by atomic mass is 9.94. The van der Waals surface area contributed by atoms with Crippen molar-refractivity contribution in [1.82, 2.24) is 4.98 Å².